The summed E-state index contributed by atoms with van der Waals surface area (Å²) in [4.78, 5) is 9.24. The molecule has 0 N–H and O–H groups in total. The highest BCUT2D eigenvalue weighted by Crippen LogP contribution is 2.24. The van der Waals surface area contributed by atoms with Gasteiger partial charge in [0.15, 0.2) is 0 Å². The highest BCUT2D eigenvalue weighted by atomic mass is 35.5. The summed E-state index contributed by atoms with van der Waals surface area (Å²) >= 11 is 6.17. The number of hydrogen-bond acceptors (Lipinski definition) is 5. The molecule has 3 aromatic rings. The maximum Gasteiger partial charge on any atom is 0.146 e. The van der Waals surface area contributed by atoms with Crippen LogP contribution < -0.4 is 9.47 Å². The van der Waals surface area contributed by atoms with Gasteiger partial charge >= 0.3 is 0 Å². The van der Waals surface area contributed by atoms with Crippen molar-refractivity contribution < 1.29 is 9.47 Å². The molecule has 1 fully saturated rings. The SMILES string of the molecule is COc1ccc(Cl)cc1CN1CCN(Cc2ccc(OCc3nccn3C)cc2)CC1. The predicted molar refractivity (Wildman–Crippen MR) is 123 cm³/mol. The minimum Gasteiger partial charge on any atom is -0.496 e. The number of rotatable bonds is 8. The lowest BCUT2D eigenvalue weighted by Crippen LogP contribution is -2.45. The first-order chi connectivity index (χ1) is 15.1. The molecule has 1 aliphatic rings. The molecule has 31 heavy (non-hydrogen) atoms. The number of imidazole rings is 1. The fourth-order valence-corrected chi connectivity index (χ4v) is 4.04. The number of methoxy groups -OCH3 is 1. The number of ether oxygens (including phenoxy) is 2. The minimum absolute atomic E-state index is 0.474. The molecular formula is C24H29ClN4O2. The molecule has 2 heterocycles. The molecule has 6 nitrogen and oxygen atoms in total. The van der Waals surface area contributed by atoms with Crippen molar-refractivity contribution in [1.29, 1.82) is 0 Å². The maximum atomic E-state index is 6.17. The quantitative estimate of drug-likeness (QED) is 0.530. The van der Waals surface area contributed by atoms with E-state index in [1.54, 1.807) is 13.3 Å². The average Bonchev–Trinajstić information content (AvgIpc) is 3.19. The Morgan fingerprint density at radius 1 is 0.968 bits per heavy atom. The molecule has 0 atom stereocenters. The molecule has 0 aliphatic carbocycles. The summed E-state index contributed by atoms with van der Waals surface area (Å²) in [5.41, 5.74) is 2.44. The zero-order valence-electron chi connectivity index (χ0n) is 18.1. The molecule has 0 saturated carbocycles. The second kappa shape index (κ2) is 10.2. The van der Waals surface area contributed by atoms with Gasteiger partial charge < -0.3 is 14.0 Å². The van der Waals surface area contributed by atoms with Gasteiger partial charge in [-0.3, -0.25) is 9.80 Å². The number of aryl methyl sites for hydroxylation is 1. The van der Waals surface area contributed by atoms with Gasteiger partial charge in [0.2, 0.25) is 0 Å². The average molecular weight is 441 g/mol. The Morgan fingerprint density at radius 3 is 2.32 bits per heavy atom. The van der Waals surface area contributed by atoms with E-state index in [1.807, 2.05) is 48.1 Å². The van der Waals surface area contributed by atoms with E-state index in [4.69, 9.17) is 21.1 Å². The van der Waals surface area contributed by atoms with Crippen LogP contribution in [0.1, 0.15) is 17.0 Å². The Hall–Kier alpha value is -2.54. The monoisotopic (exact) mass is 440 g/mol. The van der Waals surface area contributed by atoms with Gasteiger partial charge in [0.05, 0.1) is 7.11 Å². The maximum absolute atomic E-state index is 6.17. The number of piperazine rings is 1. The van der Waals surface area contributed by atoms with E-state index in [1.165, 1.54) is 5.56 Å². The summed E-state index contributed by atoms with van der Waals surface area (Å²) in [6.07, 6.45) is 3.71. The van der Waals surface area contributed by atoms with E-state index in [0.717, 1.165) is 67.2 Å². The van der Waals surface area contributed by atoms with E-state index in [9.17, 15) is 0 Å². The standard InChI is InChI=1S/C24H29ClN4O2/c1-27-10-9-26-24(27)18-31-22-6-3-19(4-7-22)16-28-11-13-29(14-12-28)17-20-15-21(25)5-8-23(20)30-2/h3-10,15H,11-14,16-18H2,1-2H3. The Bertz CT molecular complexity index is 981. The molecule has 1 saturated heterocycles. The van der Waals surface area contributed by atoms with Gasteiger partial charge in [0.1, 0.15) is 23.9 Å². The highest BCUT2D eigenvalue weighted by molar-refractivity contribution is 6.30. The Morgan fingerprint density at radius 2 is 1.68 bits per heavy atom. The number of nitrogens with zero attached hydrogens (tertiary/aromatic N) is 4. The van der Waals surface area contributed by atoms with Gasteiger partial charge in [-0.25, -0.2) is 4.98 Å². The van der Waals surface area contributed by atoms with Crippen molar-refractivity contribution in [2.75, 3.05) is 33.3 Å². The molecule has 4 rings (SSSR count). The first kappa shape index (κ1) is 21.7. The van der Waals surface area contributed by atoms with Crippen LogP contribution in [-0.2, 0) is 26.7 Å². The van der Waals surface area contributed by atoms with Crippen LogP contribution in [0.25, 0.3) is 0 Å². The Labute approximate surface area is 189 Å². The molecule has 0 radical (unpaired) electrons. The largest absolute Gasteiger partial charge is 0.496 e. The predicted octanol–water partition coefficient (Wildman–Crippen LogP) is 3.98. The lowest BCUT2D eigenvalue weighted by Gasteiger charge is -2.35. The van der Waals surface area contributed by atoms with Gasteiger partial charge in [0.25, 0.3) is 0 Å². The van der Waals surface area contributed by atoms with Crippen LogP contribution in [-0.4, -0.2) is 52.6 Å². The van der Waals surface area contributed by atoms with Gasteiger partial charge in [-0.05, 0) is 35.9 Å². The third-order valence-corrected chi connectivity index (χ3v) is 5.95. The van der Waals surface area contributed by atoms with E-state index in [2.05, 4.69) is 26.9 Å². The summed E-state index contributed by atoms with van der Waals surface area (Å²) in [7, 11) is 3.68. The van der Waals surface area contributed by atoms with Crippen LogP contribution in [0.2, 0.25) is 5.02 Å². The van der Waals surface area contributed by atoms with Crippen molar-refractivity contribution in [3.8, 4) is 11.5 Å². The first-order valence-corrected chi connectivity index (χ1v) is 10.9. The Kier molecular flexibility index (Phi) is 7.12. The number of hydrogen-bond donors (Lipinski definition) is 0. The van der Waals surface area contributed by atoms with Crippen LogP contribution in [0.3, 0.4) is 0 Å². The molecule has 2 aromatic carbocycles. The normalized spacial score (nSPS) is 15.2. The van der Waals surface area contributed by atoms with Crippen LogP contribution >= 0.6 is 11.6 Å². The zero-order valence-corrected chi connectivity index (χ0v) is 18.9. The molecule has 0 spiro atoms. The molecule has 0 unspecified atom stereocenters. The third-order valence-electron chi connectivity index (χ3n) is 5.72. The Balaban J connectivity index is 1.24. The van der Waals surface area contributed by atoms with Gasteiger partial charge in [-0.1, -0.05) is 23.7 Å². The smallest absolute Gasteiger partial charge is 0.146 e. The van der Waals surface area contributed by atoms with Crippen LogP contribution in [0, 0.1) is 0 Å². The van der Waals surface area contributed by atoms with Gasteiger partial charge in [-0.15, -0.1) is 0 Å². The van der Waals surface area contributed by atoms with Crippen molar-refractivity contribution in [3.05, 3.63) is 76.8 Å². The number of aromatic nitrogens is 2. The molecule has 164 valence electrons. The fraction of sp³-hybridized carbons (Fsp3) is 0.375. The summed E-state index contributed by atoms with van der Waals surface area (Å²) in [5.74, 6) is 2.68. The van der Waals surface area contributed by atoms with Crippen molar-refractivity contribution in [2.24, 2.45) is 7.05 Å². The molecule has 1 aliphatic heterocycles. The summed E-state index contributed by atoms with van der Waals surface area (Å²) in [6.45, 7) is 6.43. The zero-order chi connectivity index (χ0) is 21.6. The molecule has 0 bridgehead atoms. The molecular weight excluding hydrogens is 412 g/mol. The second-order valence-corrected chi connectivity index (χ2v) is 8.33. The van der Waals surface area contributed by atoms with Crippen molar-refractivity contribution in [1.82, 2.24) is 19.4 Å². The number of benzene rings is 2. The van der Waals surface area contributed by atoms with E-state index < -0.39 is 0 Å². The minimum atomic E-state index is 0.474. The van der Waals surface area contributed by atoms with Crippen molar-refractivity contribution in [2.45, 2.75) is 19.7 Å². The summed E-state index contributed by atoms with van der Waals surface area (Å²) in [5, 5.41) is 0.752. The summed E-state index contributed by atoms with van der Waals surface area (Å²) in [6, 6.07) is 14.2. The van der Waals surface area contributed by atoms with E-state index in [0.29, 0.717) is 6.61 Å². The van der Waals surface area contributed by atoms with Crippen LogP contribution in [0.15, 0.2) is 54.9 Å². The van der Waals surface area contributed by atoms with Crippen LogP contribution in [0.5, 0.6) is 11.5 Å². The fourth-order valence-electron chi connectivity index (χ4n) is 3.85. The summed E-state index contributed by atoms with van der Waals surface area (Å²) < 4.78 is 13.3. The molecule has 1 aromatic heterocycles. The van der Waals surface area contributed by atoms with Gasteiger partial charge in [-0.2, -0.15) is 0 Å². The second-order valence-electron chi connectivity index (χ2n) is 7.90. The van der Waals surface area contributed by atoms with Gasteiger partial charge in [0, 0.05) is 69.3 Å². The molecule has 0 amide bonds. The topological polar surface area (TPSA) is 42.8 Å². The van der Waals surface area contributed by atoms with Crippen molar-refractivity contribution in [3.63, 3.8) is 0 Å². The number of halogens is 1. The van der Waals surface area contributed by atoms with E-state index in [-0.39, 0.29) is 0 Å². The molecule has 7 heteroatoms. The van der Waals surface area contributed by atoms with Crippen LogP contribution in [0.4, 0.5) is 0 Å². The third kappa shape index (κ3) is 5.79. The van der Waals surface area contributed by atoms with Crippen molar-refractivity contribution >= 4 is 11.6 Å². The lowest BCUT2D eigenvalue weighted by molar-refractivity contribution is 0.121. The highest BCUT2D eigenvalue weighted by Gasteiger charge is 2.18. The first-order valence-electron chi connectivity index (χ1n) is 10.6. The van der Waals surface area contributed by atoms with E-state index >= 15 is 0 Å². The lowest BCUT2D eigenvalue weighted by atomic mass is 10.1.